The molecule has 7 rings (SSSR count). The molecular weight excluding hydrogens is 619 g/mol. The number of benzene rings is 3. The minimum absolute atomic E-state index is 0.0649. The largest absolute Gasteiger partial charge is 0.382 e. The van der Waals surface area contributed by atoms with Crippen LogP contribution in [0, 0.1) is 24.6 Å². The van der Waals surface area contributed by atoms with Gasteiger partial charge < -0.3 is 25.2 Å². The lowest BCUT2D eigenvalue weighted by Crippen LogP contribution is -2.54. The van der Waals surface area contributed by atoms with Crippen LogP contribution < -0.4 is 10.6 Å². The standard InChI is InChI=1S/C39H47FN6O3/c1-25-6-4-8-33(40)36(25)39(48)46-35-9-5-7-27(35)23-32(37(46)26-10-12-29(13-11-26)42-30-16-20-49-21-17-30)38(47)43-31-14-15-34-28(22-31)24-41-45(34)19-18-44(2)3/h4,6,8,10-15,22,24,27,30,32,35,37,42H,5,7,9,16-21,23H2,1-3H3,(H,43,47)/t27-,32+,35-,37+/m1/s1. The lowest BCUT2D eigenvalue weighted by molar-refractivity contribution is -0.125. The van der Waals surface area contributed by atoms with Crippen LogP contribution in [0.2, 0.25) is 0 Å². The fourth-order valence-electron chi connectivity index (χ4n) is 8.19. The zero-order valence-electron chi connectivity index (χ0n) is 28.7. The van der Waals surface area contributed by atoms with Gasteiger partial charge in [-0.15, -0.1) is 0 Å². The SMILES string of the molecule is Cc1cccc(F)c1C(=O)N1[C@@H]2CCC[C@@H]2C[C@H](C(=O)Nc2ccc3c(cnn3CCN(C)C)c2)[C@@H]1c1ccc(NC2CCOCC2)cc1. The van der Waals surface area contributed by atoms with E-state index in [1.165, 1.54) is 6.07 Å². The first-order valence-electron chi connectivity index (χ1n) is 17.7. The van der Waals surface area contributed by atoms with E-state index in [2.05, 4.69) is 20.6 Å². The maximum Gasteiger partial charge on any atom is 0.257 e. The van der Waals surface area contributed by atoms with E-state index in [1.54, 1.807) is 19.1 Å². The number of nitrogens with one attached hydrogen (secondary N) is 2. The maximum atomic E-state index is 15.4. The molecule has 4 atom stereocenters. The number of amides is 2. The first-order valence-corrected chi connectivity index (χ1v) is 17.7. The first kappa shape index (κ1) is 33.2. The van der Waals surface area contributed by atoms with Crippen LogP contribution in [-0.2, 0) is 16.1 Å². The lowest BCUT2D eigenvalue weighted by Gasteiger charge is -2.48. The average molecular weight is 667 g/mol. The van der Waals surface area contributed by atoms with E-state index >= 15 is 4.39 Å². The van der Waals surface area contributed by atoms with Gasteiger partial charge in [0.2, 0.25) is 5.91 Å². The summed E-state index contributed by atoms with van der Waals surface area (Å²) < 4.78 is 22.9. The van der Waals surface area contributed by atoms with Gasteiger partial charge in [-0.25, -0.2) is 4.39 Å². The van der Waals surface area contributed by atoms with Crippen molar-refractivity contribution in [1.82, 2.24) is 19.6 Å². The molecule has 3 fully saturated rings. The predicted molar refractivity (Wildman–Crippen MR) is 190 cm³/mol. The van der Waals surface area contributed by atoms with E-state index in [1.807, 2.05) is 72.3 Å². The van der Waals surface area contributed by atoms with Crippen LogP contribution in [0.4, 0.5) is 15.8 Å². The normalized spacial score (nSPS) is 22.8. The molecule has 2 saturated heterocycles. The van der Waals surface area contributed by atoms with Gasteiger partial charge >= 0.3 is 0 Å². The molecule has 3 heterocycles. The number of nitrogens with zero attached hydrogens (tertiary/aromatic N) is 4. The molecule has 4 aromatic rings. The number of piperidine rings is 1. The van der Waals surface area contributed by atoms with Crippen molar-refractivity contribution in [3.63, 3.8) is 0 Å². The number of anilines is 2. The molecule has 1 aliphatic carbocycles. The van der Waals surface area contributed by atoms with Gasteiger partial charge in [0.15, 0.2) is 0 Å². The highest BCUT2D eigenvalue weighted by atomic mass is 19.1. The molecule has 2 aliphatic heterocycles. The van der Waals surface area contributed by atoms with Gasteiger partial charge in [-0.3, -0.25) is 14.3 Å². The molecule has 258 valence electrons. The maximum absolute atomic E-state index is 15.4. The number of carbonyl (C=O) groups excluding carboxylic acids is 2. The van der Waals surface area contributed by atoms with Crippen molar-refractivity contribution in [2.45, 2.75) is 70.1 Å². The molecule has 2 amide bonds. The quantitative estimate of drug-likeness (QED) is 0.208. The van der Waals surface area contributed by atoms with Gasteiger partial charge in [0.25, 0.3) is 5.91 Å². The third kappa shape index (κ3) is 6.94. The summed E-state index contributed by atoms with van der Waals surface area (Å²) in [6.45, 7) is 4.91. The summed E-state index contributed by atoms with van der Waals surface area (Å²) in [5.41, 5.74) is 4.26. The number of carbonyl (C=O) groups is 2. The third-order valence-corrected chi connectivity index (χ3v) is 10.7. The predicted octanol–water partition coefficient (Wildman–Crippen LogP) is 6.65. The van der Waals surface area contributed by atoms with Crippen molar-refractivity contribution in [2.75, 3.05) is 44.5 Å². The summed E-state index contributed by atoms with van der Waals surface area (Å²) in [5, 5.41) is 12.4. The second-order valence-electron chi connectivity index (χ2n) is 14.3. The van der Waals surface area contributed by atoms with E-state index in [-0.39, 0.29) is 29.3 Å². The number of aryl methyl sites for hydroxylation is 1. The fraction of sp³-hybridized carbons (Fsp3) is 0.462. The molecule has 0 spiro atoms. The Morgan fingerprint density at radius 3 is 2.53 bits per heavy atom. The Kier molecular flexibility index (Phi) is 9.69. The van der Waals surface area contributed by atoms with E-state index in [0.717, 1.165) is 80.6 Å². The van der Waals surface area contributed by atoms with Gasteiger partial charge in [0.1, 0.15) is 5.82 Å². The smallest absolute Gasteiger partial charge is 0.257 e. The molecule has 0 radical (unpaired) electrons. The molecule has 3 aliphatic rings. The van der Waals surface area contributed by atoms with Crippen LogP contribution in [0.25, 0.3) is 10.9 Å². The number of aromatic nitrogens is 2. The summed E-state index contributed by atoms with van der Waals surface area (Å²) >= 11 is 0. The van der Waals surface area contributed by atoms with E-state index in [0.29, 0.717) is 23.7 Å². The van der Waals surface area contributed by atoms with Crippen molar-refractivity contribution in [1.29, 1.82) is 0 Å². The number of halogens is 1. The molecule has 1 saturated carbocycles. The Hall–Kier alpha value is -4.28. The Bertz CT molecular complexity index is 1780. The Morgan fingerprint density at radius 2 is 1.78 bits per heavy atom. The van der Waals surface area contributed by atoms with E-state index < -0.39 is 17.8 Å². The molecule has 49 heavy (non-hydrogen) atoms. The Labute approximate surface area is 287 Å². The minimum atomic E-state index is -0.555. The number of likely N-dealkylation sites (N-methyl/N-ethyl adjacent to an activating group) is 1. The van der Waals surface area contributed by atoms with Crippen LogP contribution in [0.15, 0.2) is 66.9 Å². The zero-order valence-corrected chi connectivity index (χ0v) is 28.7. The molecule has 1 aromatic heterocycles. The van der Waals surface area contributed by atoms with Gasteiger partial charge in [0.05, 0.1) is 35.8 Å². The average Bonchev–Trinajstić information content (AvgIpc) is 3.74. The summed E-state index contributed by atoms with van der Waals surface area (Å²) in [6.07, 6.45) is 7.14. The van der Waals surface area contributed by atoms with Crippen LogP contribution in [0.5, 0.6) is 0 Å². The number of likely N-dealkylation sites (tertiary alicyclic amines) is 1. The summed E-state index contributed by atoms with van der Waals surface area (Å²) in [5.74, 6) is -1.37. The molecule has 3 aromatic carbocycles. The number of hydrogen-bond acceptors (Lipinski definition) is 6. The number of hydrogen-bond donors (Lipinski definition) is 2. The number of rotatable bonds is 9. The minimum Gasteiger partial charge on any atom is -0.382 e. The van der Waals surface area contributed by atoms with Crippen LogP contribution >= 0.6 is 0 Å². The Balaban J connectivity index is 1.22. The van der Waals surface area contributed by atoms with E-state index in [9.17, 15) is 9.59 Å². The summed E-state index contributed by atoms with van der Waals surface area (Å²) in [6, 6.07) is 18.5. The number of ether oxygens (including phenoxy) is 1. The monoisotopic (exact) mass is 666 g/mol. The van der Waals surface area contributed by atoms with Crippen molar-refractivity contribution in [3.05, 3.63) is 89.4 Å². The summed E-state index contributed by atoms with van der Waals surface area (Å²) in [4.78, 5) is 33.0. The molecule has 0 unspecified atom stereocenters. The molecule has 2 N–H and O–H groups in total. The second-order valence-corrected chi connectivity index (χ2v) is 14.3. The van der Waals surface area contributed by atoms with Crippen LogP contribution in [0.1, 0.15) is 66.1 Å². The van der Waals surface area contributed by atoms with Gasteiger partial charge in [-0.2, -0.15) is 5.10 Å². The van der Waals surface area contributed by atoms with Crippen molar-refractivity contribution in [2.24, 2.45) is 11.8 Å². The molecule has 10 heteroatoms. The second kappa shape index (κ2) is 14.3. The highest BCUT2D eigenvalue weighted by molar-refractivity contribution is 5.99. The highest BCUT2D eigenvalue weighted by Gasteiger charge is 2.50. The van der Waals surface area contributed by atoms with Crippen molar-refractivity contribution in [3.8, 4) is 0 Å². The third-order valence-electron chi connectivity index (χ3n) is 10.7. The lowest BCUT2D eigenvalue weighted by atomic mass is 9.76. The van der Waals surface area contributed by atoms with Crippen molar-refractivity contribution < 1.29 is 18.7 Å². The molecule has 0 bridgehead atoms. The van der Waals surface area contributed by atoms with Crippen LogP contribution in [-0.4, -0.2) is 77.3 Å². The van der Waals surface area contributed by atoms with Gasteiger partial charge in [-0.05, 0) is 107 Å². The Morgan fingerprint density at radius 1 is 1.00 bits per heavy atom. The fourth-order valence-corrected chi connectivity index (χ4v) is 8.19. The van der Waals surface area contributed by atoms with Crippen molar-refractivity contribution >= 4 is 34.1 Å². The van der Waals surface area contributed by atoms with E-state index in [4.69, 9.17) is 4.74 Å². The zero-order chi connectivity index (χ0) is 34.1. The highest BCUT2D eigenvalue weighted by Crippen LogP contribution is 2.49. The van der Waals surface area contributed by atoms with Gasteiger partial charge in [0, 0.05) is 48.6 Å². The van der Waals surface area contributed by atoms with Gasteiger partial charge in [-0.1, -0.05) is 30.7 Å². The van der Waals surface area contributed by atoms with Crippen LogP contribution in [0.3, 0.4) is 0 Å². The first-order chi connectivity index (χ1) is 23.8. The number of fused-ring (bicyclic) bond motifs is 2. The molecule has 9 nitrogen and oxygen atoms in total. The molecular formula is C39H47FN6O3. The topological polar surface area (TPSA) is 91.7 Å². The summed E-state index contributed by atoms with van der Waals surface area (Å²) in [7, 11) is 4.08.